The average molecular weight is 521 g/mol. The second-order valence-electron chi connectivity index (χ2n) is 8.12. The van der Waals surface area contributed by atoms with Crippen molar-refractivity contribution in [2.45, 2.75) is 24.3 Å². The Labute approximate surface area is 208 Å². The van der Waals surface area contributed by atoms with E-state index in [4.69, 9.17) is 5.11 Å². The Morgan fingerprint density at radius 1 is 0.784 bits per heavy atom. The van der Waals surface area contributed by atoms with Crippen molar-refractivity contribution in [3.63, 3.8) is 0 Å². The molecule has 0 fully saturated rings. The van der Waals surface area contributed by atoms with Gasteiger partial charge in [0, 0.05) is 23.6 Å². The van der Waals surface area contributed by atoms with E-state index in [0.717, 1.165) is 17.2 Å². The van der Waals surface area contributed by atoms with Gasteiger partial charge < -0.3 is 10.4 Å². The second-order valence-corrected chi connectivity index (χ2v) is 8.12. The molecule has 0 saturated heterocycles. The lowest BCUT2D eigenvalue weighted by molar-refractivity contribution is -0.143. The van der Waals surface area contributed by atoms with Gasteiger partial charge in [-0.2, -0.15) is 26.3 Å². The highest BCUT2D eigenvalue weighted by Gasteiger charge is 2.37. The fourth-order valence-corrected chi connectivity index (χ4v) is 3.84. The SMILES string of the molecule is O=C(O)C=C[C@@H](NCC(=O)c1cc(C(F)(F)F)cc(C(F)(F)F)c1)C(c1ccccc1)c1ccccc1. The maximum Gasteiger partial charge on any atom is 0.416 e. The van der Waals surface area contributed by atoms with Crippen molar-refractivity contribution in [3.05, 3.63) is 119 Å². The molecule has 0 aromatic heterocycles. The molecule has 4 nitrogen and oxygen atoms in total. The van der Waals surface area contributed by atoms with Gasteiger partial charge in [-0.1, -0.05) is 66.7 Å². The van der Waals surface area contributed by atoms with E-state index in [1.165, 1.54) is 6.08 Å². The maximum atomic E-state index is 13.2. The normalized spacial score (nSPS) is 13.2. The lowest BCUT2D eigenvalue weighted by Gasteiger charge is -2.27. The number of hydrogen-bond acceptors (Lipinski definition) is 3. The predicted octanol–water partition coefficient (Wildman–Crippen LogP) is 6.34. The van der Waals surface area contributed by atoms with Crippen LogP contribution in [0.4, 0.5) is 26.3 Å². The third kappa shape index (κ3) is 7.53. The molecule has 0 unspecified atom stereocenters. The largest absolute Gasteiger partial charge is 0.478 e. The zero-order valence-electron chi connectivity index (χ0n) is 19.1. The zero-order chi connectivity index (χ0) is 27.2. The molecular formula is C27H21F6NO3. The number of rotatable bonds is 9. The van der Waals surface area contributed by atoms with Crippen LogP contribution in [0, 0.1) is 0 Å². The van der Waals surface area contributed by atoms with Crippen molar-refractivity contribution in [2.24, 2.45) is 0 Å². The van der Waals surface area contributed by atoms with Crippen molar-refractivity contribution < 1.29 is 41.0 Å². The van der Waals surface area contributed by atoms with Crippen LogP contribution in [0.5, 0.6) is 0 Å². The first-order valence-electron chi connectivity index (χ1n) is 10.9. The van der Waals surface area contributed by atoms with E-state index in [2.05, 4.69) is 5.32 Å². The van der Waals surface area contributed by atoms with Crippen LogP contribution in [0.25, 0.3) is 0 Å². The molecule has 3 aromatic rings. The molecule has 0 heterocycles. The molecular weight excluding hydrogens is 500 g/mol. The lowest BCUT2D eigenvalue weighted by atomic mass is 9.84. The fraction of sp³-hybridized carbons (Fsp3) is 0.185. The van der Waals surface area contributed by atoms with Crippen LogP contribution in [0.15, 0.2) is 91.0 Å². The third-order valence-corrected chi connectivity index (χ3v) is 5.53. The quantitative estimate of drug-likeness (QED) is 0.196. The van der Waals surface area contributed by atoms with Crippen LogP contribution in [-0.2, 0) is 17.1 Å². The third-order valence-electron chi connectivity index (χ3n) is 5.53. The van der Waals surface area contributed by atoms with Crippen molar-refractivity contribution in [1.29, 1.82) is 0 Å². The smallest absolute Gasteiger partial charge is 0.416 e. The Bertz CT molecular complexity index is 1180. The molecule has 37 heavy (non-hydrogen) atoms. The summed E-state index contributed by atoms with van der Waals surface area (Å²) in [5, 5.41) is 12.0. The van der Waals surface area contributed by atoms with Gasteiger partial charge in [0.2, 0.25) is 0 Å². The Morgan fingerprint density at radius 2 is 1.24 bits per heavy atom. The van der Waals surface area contributed by atoms with E-state index in [9.17, 15) is 35.9 Å². The molecule has 0 spiro atoms. The number of nitrogens with one attached hydrogen (secondary N) is 1. The number of carbonyl (C=O) groups excluding carboxylic acids is 1. The van der Waals surface area contributed by atoms with Crippen molar-refractivity contribution >= 4 is 11.8 Å². The standard InChI is InChI=1S/C27H21F6NO3/c28-26(29,30)20-13-19(14-21(15-20)27(31,32)33)23(35)16-34-22(11-12-24(36)37)25(17-7-3-1-4-8-17)18-9-5-2-6-10-18/h1-15,22,25,34H,16H2,(H,36,37)/t22-/m1/s1. The van der Waals surface area contributed by atoms with Crippen LogP contribution < -0.4 is 5.32 Å². The van der Waals surface area contributed by atoms with E-state index >= 15 is 0 Å². The Morgan fingerprint density at radius 3 is 1.65 bits per heavy atom. The van der Waals surface area contributed by atoms with Gasteiger partial charge in [0.1, 0.15) is 0 Å². The molecule has 0 amide bonds. The summed E-state index contributed by atoms with van der Waals surface area (Å²) in [7, 11) is 0. The Hall–Kier alpha value is -3.92. The molecule has 0 bridgehead atoms. The van der Waals surface area contributed by atoms with Gasteiger partial charge >= 0.3 is 18.3 Å². The molecule has 0 aliphatic rings. The van der Waals surface area contributed by atoms with Gasteiger partial charge in [0.15, 0.2) is 5.78 Å². The van der Waals surface area contributed by atoms with E-state index < -0.39 is 59.3 Å². The number of aliphatic carboxylic acids is 1. The van der Waals surface area contributed by atoms with Crippen molar-refractivity contribution in [2.75, 3.05) is 6.54 Å². The minimum Gasteiger partial charge on any atom is -0.478 e. The first-order valence-corrected chi connectivity index (χ1v) is 10.9. The summed E-state index contributed by atoms with van der Waals surface area (Å²) < 4.78 is 79.3. The minimum atomic E-state index is -5.10. The van der Waals surface area contributed by atoms with Crippen LogP contribution in [-0.4, -0.2) is 29.4 Å². The number of alkyl halides is 6. The van der Waals surface area contributed by atoms with E-state index in [0.29, 0.717) is 12.1 Å². The van der Waals surface area contributed by atoms with Crippen LogP contribution in [0.1, 0.15) is 38.5 Å². The molecule has 194 valence electrons. The molecule has 0 saturated carbocycles. The number of carbonyl (C=O) groups is 2. The van der Waals surface area contributed by atoms with E-state index in [-0.39, 0.29) is 6.07 Å². The number of ketones is 1. The first kappa shape index (κ1) is 27.7. The minimum absolute atomic E-state index is 0.0521. The first-order chi connectivity index (χ1) is 17.4. The molecule has 2 N–H and O–H groups in total. The molecule has 0 aliphatic heterocycles. The second kappa shape index (κ2) is 11.4. The number of Topliss-reactive ketones (excluding diaryl/α,β-unsaturated/α-hetero) is 1. The van der Waals surface area contributed by atoms with Crippen LogP contribution in [0.3, 0.4) is 0 Å². The molecule has 3 rings (SSSR count). The summed E-state index contributed by atoms with van der Waals surface area (Å²) in [5.41, 5.74) is -2.48. The summed E-state index contributed by atoms with van der Waals surface area (Å²) in [6.45, 7) is -0.649. The molecule has 0 aliphatic carbocycles. The number of carboxylic acid groups (broad SMARTS) is 1. The summed E-state index contributed by atoms with van der Waals surface area (Å²) in [5.74, 6) is -2.83. The van der Waals surface area contributed by atoms with Crippen LogP contribution >= 0.6 is 0 Å². The van der Waals surface area contributed by atoms with Crippen molar-refractivity contribution in [1.82, 2.24) is 5.32 Å². The number of benzene rings is 3. The average Bonchev–Trinajstić information content (AvgIpc) is 2.85. The summed E-state index contributed by atoms with van der Waals surface area (Å²) in [4.78, 5) is 24.0. The monoisotopic (exact) mass is 521 g/mol. The van der Waals surface area contributed by atoms with Gasteiger partial charge in [-0.15, -0.1) is 0 Å². The van der Waals surface area contributed by atoms with Gasteiger partial charge in [0.05, 0.1) is 17.7 Å². The van der Waals surface area contributed by atoms with Gasteiger partial charge in [-0.25, -0.2) is 4.79 Å². The number of halogens is 6. The maximum absolute atomic E-state index is 13.2. The lowest BCUT2D eigenvalue weighted by Crippen LogP contribution is -2.37. The highest BCUT2D eigenvalue weighted by atomic mass is 19.4. The summed E-state index contributed by atoms with van der Waals surface area (Å²) in [6, 6.07) is 17.6. The zero-order valence-corrected chi connectivity index (χ0v) is 19.1. The molecule has 1 atom stereocenters. The Balaban J connectivity index is 1.98. The van der Waals surface area contributed by atoms with Crippen LogP contribution in [0.2, 0.25) is 0 Å². The molecule has 10 heteroatoms. The highest BCUT2D eigenvalue weighted by molar-refractivity contribution is 5.98. The van der Waals surface area contributed by atoms with Gasteiger partial charge in [-0.05, 0) is 29.3 Å². The topological polar surface area (TPSA) is 66.4 Å². The summed E-state index contributed by atoms with van der Waals surface area (Å²) in [6.07, 6.45) is -8.05. The van der Waals surface area contributed by atoms with Gasteiger partial charge in [-0.3, -0.25) is 4.79 Å². The molecule has 3 aromatic carbocycles. The van der Waals surface area contributed by atoms with E-state index in [1.54, 1.807) is 60.7 Å². The number of carboxylic acids is 1. The Kier molecular flexibility index (Phi) is 8.54. The molecule has 0 radical (unpaired) electrons. The summed E-state index contributed by atoms with van der Waals surface area (Å²) >= 11 is 0. The predicted molar refractivity (Wildman–Crippen MR) is 124 cm³/mol. The van der Waals surface area contributed by atoms with Crippen molar-refractivity contribution in [3.8, 4) is 0 Å². The van der Waals surface area contributed by atoms with Gasteiger partial charge in [0.25, 0.3) is 0 Å². The number of hydrogen-bond donors (Lipinski definition) is 2. The fourth-order valence-electron chi connectivity index (χ4n) is 3.84. The van der Waals surface area contributed by atoms with E-state index in [1.807, 2.05) is 0 Å². The highest BCUT2D eigenvalue weighted by Crippen LogP contribution is 2.36.